The molecular formula is C21H17Cl3N4. The molecule has 0 saturated heterocycles. The maximum Gasteiger partial charge on any atom is 0.0732 e. The fraction of sp³-hybridized carbons (Fsp3) is 0.0952. The number of nitrogens with two attached hydrogens (primary N) is 1. The molecule has 28 heavy (non-hydrogen) atoms. The summed E-state index contributed by atoms with van der Waals surface area (Å²) in [4.78, 5) is 4.77. The molecule has 0 unspecified atom stereocenters. The van der Waals surface area contributed by atoms with Crippen LogP contribution in [0.1, 0.15) is 0 Å². The van der Waals surface area contributed by atoms with E-state index in [1.165, 1.54) is 0 Å². The number of aromatic nitrogens is 1. The van der Waals surface area contributed by atoms with Crippen LogP contribution in [0.15, 0.2) is 54.6 Å². The first-order chi connectivity index (χ1) is 13.5. The molecule has 0 saturated carbocycles. The summed E-state index contributed by atoms with van der Waals surface area (Å²) < 4.78 is 0. The Labute approximate surface area is 177 Å². The lowest BCUT2D eigenvalue weighted by Crippen LogP contribution is -2.13. The van der Waals surface area contributed by atoms with Gasteiger partial charge in [0, 0.05) is 40.3 Å². The Morgan fingerprint density at radius 1 is 0.786 bits per heavy atom. The van der Waals surface area contributed by atoms with E-state index >= 15 is 0 Å². The van der Waals surface area contributed by atoms with Crippen LogP contribution in [0.5, 0.6) is 0 Å². The molecule has 0 atom stereocenters. The third kappa shape index (κ3) is 3.82. The first-order valence-corrected chi connectivity index (χ1v) is 9.87. The van der Waals surface area contributed by atoms with Crippen LogP contribution >= 0.6 is 34.8 Å². The molecule has 0 aliphatic carbocycles. The molecule has 0 bridgehead atoms. The summed E-state index contributed by atoms with van der Waals surface area (Å²) in [6, 6.07) is 17.1. The largest absolute Gasteiger partial charge is 0.383 e. The Morgan fingerprint density at radius 2 is 1.46 bits per heavy atom. The van der Waals surface area contributed by atoms with Gasteiger partial charge in [-0.15, -0.1) is 0 Å². The molecular weight excluding hydrogens is 415 g/mol. The summed E-state index contributed by atoms with van der Waals surface area (Å²) in [5.74, 6) is 0. The zero-order valence-corrected chi connectivity index (χ0v) is 17.0. The number of rotatable bonds is 5. The first kappa shape index (κ1) is 19.1. The topological polar surface area (TPSA) is 63.0 Å². The second-order valence-electron chi connectivity index (χ2n) is 6.35. The van der Waals surface area contributed by atoms with E-state index in [9.17, 15) is 0 Å². The van der Waals surface area contributed by atoms with Gasteiger partial charge in [0.2, 0.25) is 0 Å². The number of nitrogens with zero attached hydrogens (tertiary/aromatic N) is 1. The molecule has 1 heterocycles. The highest BCUT2D eigenvalue weighted by atomic mass is 35.5. The van der Waals surface area contributed by atoms with E-state index in [0.717, 1.165) is 38.9 Å². The van der Waals surface area contributed by atoms with Gasteiger partial charge >= 0.3 is 0 Å². The molecule has 4 aromatic rings. The summed E-state index contributed by atoms with van der Waals surface area (Å²) in [5, 5.41) is 10.4. The van der Waals surface area contributed by atoms with Gasteiger partial charge in [-0.25, -0.2) is 4.98 Å². The van der Waals surface area contributed by atoms with Crippen molar-refractivity contribution in [2.24, 2.45) is 5.73 Å². The Bertz CT molecular complexity index is 1180. The van der Waals surface area contributed by atoms with Crippen molar-refractivity contribution in [3.63, 3.8) is 0 Å². The van der Waals surface area contributed by atoms with Gasteiger partial charge in [-0.05, 0) is 54.6 Å². The number of anilines is 3. The number of hydrogen-bond acceptors (Lipinski definition) is 4. The van der Waals surface area contributed by atoms with Crippen molar-refractivity contribution < 1.29 is 0 Å². The molecule has 4 rings (SSSR count). The number of fused-ring (bicyclic) bond motifs is 2. The predicted molar refractivity (Wildman–Crippen MR) is 122 cm³/mol. The van der Waals surface area contributed by atoms with Gasteiger partial charge < -0.3 is 16.4 Å². The fourth-order valence-electron chi connectivity index (χ4n) is 3.12. The molecule has 0 radical (unpaired) electrons. The van der Waals surface area contributed by atoms with Crippen LogP contribution in [0, 0.1) is 0 Å². The zero-order chi connectivity index (χ0) is 19.7. The maximum atomic E-state index is 6.23. The van der Waals surface area contributed by atoms with Crippen molar-refractivity contribution in [2.45, 2.75) is 0 Å². The van der Waals surface area contributed by atoms with Gasteiger partial charge in [0.25, 0.3) is 0 Å². The second kappa shape index (κ2) is 8.02. The standard InChI is InChI=1S/C21H17Cl3N4/c22-12-1-5-19-15(9-12)21(26-8-7-25)16-10-13(3-6-20(16)28-19)27-14-2-4-17(23)18(24)11-14/h1-6,9-11,27H,7-8,25H2,(H,26,28). The first-order valence-electron chi connectivity index (χ1n) is 8.74. The van der Waals surface area contributed by atoms with Crippen molar-refractivity contribution in [1.82, 2.24) is 4.98 Å². The Kier molecular flexibility index (Phi) is 5.47. The second-order valence-corrected chi connectivity index (χ2v) is 7.60. The minimum absolute atomic E-state index is 0.500. The van der Waals surface area contributed by atoms with E-state index in [-0.39, 0.29) is 0 Å². The lowest BCUT2D eigenvalue weighted by Gasteiger charge is -2.15. The molecule has 4 nitrogen and oxygen atoms in total. The van der Waals surface area contributed by atoms with Gasteiger partial charge in [0.1, 0.15) is 0 Å². The van der Waals surface area contributed by atoms with Gasteiger partial charge in [0.15, 0.2) is 0 Å². The van der Waals surface area contributed by atoms with E-state index in [0.29, 0.717) is 28.2 Å². The van der Waals surface area contributed by atoms with Crippen molar-refractivity contribution in [3.05, 3.63) is 69.7 Å². The number of nitrogens with one attached hydrogen (secondary N) is 2. The molecule has 142 valence electrons. The third-order valence-corrected chi connectivity index (χ3v) is 5.36. The molecule has 0 spiro atoms. The van der Waals surface area contributed by atoms with Crippen molar-refractivity contribution in [2.75, 3.05) is 23.7 Å². The lowest BCUT2D eigenvalue weighted by molar-refractivity contribution is 1.03. The van der Waals surface area contributed by atoms with Crippen LogP contribution < -0.4 is 16.4 Å². The smallest absolute Gasteiger partial charge is 0.0732 e. The van der Waals surface area contributed by atoms with Crippen molar-refractivity contribution >= 4 is 73.7 Å². The fourth-order valence-corrected chi connectivity index (χ4v) is 3.59. The van der Waals surface area contributed by atoms with Gasteiger partial charge in [-0.2, -0.15) is 0 Å². The SMILES string of the molecule is NCCNc1c2cc(Cl)ccc2nc2ccc(Nc3ccc(Cl)c(Cl)c3)cc12. The molecule has 0 aliphatic heterocycles. The monoisotopic (exact) mass is 430 g/mol. The molecule has 0 aliphatic rings. The Balaban J connectivity index is 1.84. The quantitative estimate of drug-likeness (QED) is 0.317. The predicted octanol–water partition coefficient (Wildman–Crippen LogP) is 6.46. The number of halogens is 3. The van der Waals surface area contributed by atoms with Crippen LogP contribution in [0.3, 0.4) is 0 Å². The minimum Gasteiger partial charge on any atom is -0.383 e. The summed E-state index contributed by atoms with van der Waals surface area (Å²) in [6.45, 7) is 1.16. The Morgan fingerprint density at radius 3 is 2.21 bits per heavy atom. The van der Waals surface area contributed by atoms with Crippen molar-refractivity contribution in [1.29, 1.82) is 0 Å². The van der Waals surface area contributed by atoms with Crippen LogP contribution in [-0.4, -0.2) is 18.1 Å². The van der Waals surface area contributed by atoms with Crippen LogP contribution in [0.2, 0.25) is 15.1 Å². The van der Waals surface area contributed by atoms with Crippen molar-refractivity contribution in [3.8, 4) is 0 Å². The van der Waals surface area contributed by atoms with Crippen LogP contribution in [-0.2, 0) is 0 Å². The highest BCUT2D eigenvalue weighted by molar-refractivity contribution is 6.42. The van der Waals surface area contributed by atoms with Gasteiger partial charge in [-0.1, -0.05) is 34.8 Å². The van der Waals surface area contributed by atoms with E-state index in [4.69, 9.17) is 45.5 Å². The Hall–Kier alpha value is -2.24. The minimum atomic E-state index is 0.500. The molecule has 7 heteroatoms. The van der Waals surface area contributed by atoms with E-state index in [2.05, 4.69) is 10.6 Å². The average molecular weight is 432 g/mol. The number of benzene rings is 3. The van der Waals surface area contributed by atoms with Gasteiger partial charge in [-0.3, -0.25) is 0 Å². The maximum absolute atomic E-state index is 6.23. The third-order valence-electron chi connectivity index (χ3n) is 4.39. The molecule has 0 fully saturated rings. The van der Waals surface area contributed by atoms with Crippen LogP contribution in [0.25, 0.3) is 21.8 Å². The summed E-state index contributed by atoms with van der Waals surface area (Å²) >= 11 is 18.3. The summed E-state index contributed by atoms with van der Waals surface area (Å²) in [7, 11) is 0. The summed E-state index contributed by atoms with van der Waals surface area (Å²) in [5.41, 5.74) is 10.2. The number of hydrogen-bond donors (Lipinski definition) is 3. The van der Waals surface area contributed by atoms with E-state index in [1.54, 1.807) is 12.1 Å². The molecule has 1 aromatic heterocycles. The molecule has 3 aromatic carbocycles. The number of pyridine rings is 1. The molecule has 4 N–H and O–H groups in total. The lowest BCUT2D eigenvalue weighted by atomic mass is 10.1. The van der Waals surface area contributed by atoms with E-state index < -0.39 is 0 Å². The zero-order valence-electron chi connectivity index (χ0n) is 14.8. The average Bonchev–Trinajstić information content (AvgIpc) is 2.68. The molecule has 0 amide bonds. The highest BCUT2D eigenvalue weighted by Crippen LogP contribution is 2.35. The van der Waals surface area contributed by atoms with Gasteiger partial charge in [0.05, 0.1) is 26.8 Å². The van der Waals surface area contributed by atoms with E-state index in [1.807, 2.05) is 42.5 Å². The van der Waals surface area contributed by atoms with Crippen LogP contribution in [0.4, 0.5) is 17.1 Å². The summed E-state index contributed by atoms with van der Waals surface area (Å²) in [6.07, 6.45) is 0. The normalized spacial score (nSPS) is 11.1. The highest BCUT2D eigenvalue weighted by Gasteiger charge is 2.11.